The fourth-order valence-electron chi connectivity index (χ4n) is 2.80. The van der Waals surface area contributed by atoms with Gasteiger partial charge in [-0.05, 0) is 38.5 Å². The van der Waals surface area contributed by atoms with Crippen LogP contribution in [0.4, 0.5) is 0 Å². The number of aliphatic hydroxyl groups is 1. The lowest BCUT2D eigenvalue weighted by molar-refractivity contribution is -0.123. The van der Waals surface area contributed by atoms with Crippen molar-refractivity contribution in [3.05, 3.63) is 0 Å². The zero-order valence-corrected chi connectivity index (χ0v) is 13.3. The Bertz CT molecular complexity index is 333. The van der Waals surface area contributed by atoms with Crippen LogP contribution in [0.2, 0.25) is 0 Å². The molecule has 2 aliphatic rings. The Morgan fingerprint density at radius 2 is 2.10 bits per heavy atom. The lowest BCUT2D eigenvalue weighted by Gasteiger charge is -2.27. The molecule has 4 unspecified atom stereocenters. The van der Waals surface area contributed by atoms with Crippen molar-refractivity contribution in [2.75, 3.05) is 13.2 Å². The summed E-state index contributed by atoms with van der Waals surface area (Å²) in [4.78, 5) is 11.8. The molecule has 0 bridgehead atoms. The smallest absolute Gasteiger partial charge is 0.237 e. The van der Waals surface area contributed by atoms with Gasteiger partial charge in [-0.1, -0.05) is 19.8 Å². The van der Waals surface area contributed by atoms with Gasteiger partial charge in [-0.15, -0.1) is 0 Å². The summed E-state index contributed by atoms with van der Waals surface area (Å²) < 4.78 is 5.79. The molecule has 122 valence electrons. The molecule has 0 saturated heterocycles. The number of aliphatic hydroxyl groups excluding tert-OH is 1. The van der Waals surface area contributed by atoms with Gasteiger partial charge in [0.25, 0.3) is 0 Å². The van der Waals surface area contributed by atoms with E-state index in [1.165, 1.54) is 12.8 Å². The SMILES string of the molecule is CC1CCCC(OCC(O)CNC(C)C(=O)NC2CC2)C1. The Hall–Kier alpha value is -0.650. The minimum Gasteiger partial charge on any atom is -0.389 e. The summed E-state index contributed by atoms with van der Waals surface area (Å²) in [6.07, 6.45) is 6.63. The van der Waals surface area contributed by atoms with Gasteiger partial charge < -0.3 is 20.5 Å². The second-order valence-corrected chi connectivity index (χ2v) is 6.79. The van der Waals surface area contributed by atoms with Crippen molar-refractivity contribution in [2.24, 2.45) is 5.92 Å². The summed E-state index contributed by atoms with van der Waals surface area (Å²) in [6, 6.07) is 0.109. The summed E-state index contributed by atoms with van der Waals surface area (Å²) in [5.41, 5.74) is 0. The molecule has 2 fully saturated rings. The summed E-state index contributed by atoms with van der Waals surface area (Å²) in [5.74, 6) is 0.747. The number of rotatable bonds is 8. The van der Waals surface area contributed by atoms with Crippen molar-refractivity contribution in [3.63, 3.8) is 0 Å². The monoisotopic (exact) mass is 298 g/mol. The van der Waals surface area contributed by atoms with Crippen molar-refractivity contribution in [1.29, 1.82) is 0 Å². The van der Waals surface area contributed by atoms with Crippen LogP contribution in [0.15, 0.2) is 0 Å². The molecule has 2 saturated carbocycles. The van der Waals surface area contributed by atoms with Crippen LogP contribution in [0.25, 0.3) is 0 Å². The molecule has 0 heterocycles. The number of nitrogens with one attached hydrogen (secondary N) is 2. The third kappa shape index (κ3) is 6.32. The van der Waals surface area contributed by atoms with Gasteiger partial charge >= 0.3 is 0 Å². The third-order valence-corrected chi connectivity index (χ3v) is 4.39. The van der Waals surface area contributed by atoms with Crippen molar-refractivity contribution in [1.82, 2.24) is 10.6 Å². The first-order valence-electron chi connectivity index (χ1n) is 8.38. The van der Waals surface area contributed by atoms with Crippen molar-refractivity contribution in [2.45, 2.75) is 76.7 Å². The second-order valence-electron chi connectivity index (χ2n) is 6.79. The molecule has 0 aromatic carbocycles. The summed E-state index contributed by atoms with van der Waals surface area (Å²) in [7, 11) is 0. The van der Waals surface area contributed by atoms with Gasteiger partial charge in [0, 0.05) is 12.6 Å². The van der Waals surface area contributed by atoms with Crippen molar-refractivity contribution < 1.29 is 14.6 Å². The van der Waals surface area contributed by atoms with E-state index in [9.17, 15) is 9.90 Å². The van der Waals surface area contributed by atoms with E-state index < -0.39 is 6.10 Å². The zero-order chi connectivity index (χ0) is 15.2. The molecule has 3 N–H and O–H groups in total. The normalized spacial score (nSPS) is 28.9. The average molecular weight is 298 g/mol. The van der Waals surface area contributed by atoms with Gasteiger partial charge in [-0.2, -0.15) is 0 Å². The standard InChI is InChI=1S/C16H30N2O3/c1-11-4-3-5-15(8-11)21-10-14(19)9-17-12(2)16(20)18-13-6-7-13/h11-15,17,19H,3-10H2,1-2H3,(H,18,20). The number of hydrogen-bond acceptors (Lipinski definition) is 4. The molecule has 1 amide bonds. The average Bonchev–Trinajstić information content (AvgIpc) is 3.26. The fourth-order valence-corrected chi connectivity index (χ4v) is 2.80. The number of amides is 1. The van der Waals surface area contributed by atoms with E-state index in [-0.39, 0.29) is 11.9 Å². The molecule has 4 atom stereocenters. The highest BCUT2D eigenvalue weighted by Gasteiger charge is 2.26. The van der Waals surface area contributed by atoms with Crippen LogP contribution in [0.1, 0.15) is 52.4 Å². The predicted molar refractivity (Wildman–Crippen MR) is 82.0 cm³/mol. The van der Waals surface area contributed by atoms with Gasteiger partial charge in [-0.25, -0.2) is 0 Å². The molecule has 21 heavy (non-hydrogen) atoms. The molecule has 0 radical (unpaired) electrons. The third-order valence-electron chi connectivity index (χ3n) is 4.39. The van der Waals surface area contributed by atoms with Gasteiger partial charge in [0.1, 0.15) is 0 Å². The maximum Gasteiger partial charge on any atom is 0.237 e. The lowest BCUT2D eigenvalue weighted by Crippen LogP contribution is -2.46. The highest BCUT2D eigenvalue weighted by molar-refractivity contribution is 5.81. The van der Waals surface area contributed by atoms with Gasteiger partial charge in [-0.3, -0.25) is 4.79 Å². The van der Waals surface area contributed by atoms with Crippen LogP contribution in [0.5, 0.6) is 0 Å². The topological polar surface area (TPSA) is 70.6 Å². The molecular weight excluding hydrogens is 268 g/mol. The van der Waals surface area contributed by atoms with Crippen molar-refractivity contribution >= 4 is 5.91 Å². The van der Waals surface area contributed by atoms with Gasteiger partial charge in [0.05, 0.1) is 24.9 Å². The van der Waals surface area contributed by atoms with E-state index in [2.05, 4.69) is 17.6 Å². The number of hydrogen-bond donors (Lipinski definition) is 3. The molecule has 0 spiro atoms. The highest BCUT2D eigenvalue weighted by Crippen LogP contribution is 2.25. The Morgan fingerprint density at radius 1 is 1.33 bits per heavy atom. The molecular formula is C16H30N2O3. The largest absolute Gasteiger partial charge is 0.389 e. The first-order chi connectivity index (χ1) is 10.0. The number of carbonyl (C=O) groups is 1. The van der Waals surface area contributed by atoms with E-state index in [1.807, 2.05) is 6.92 Å². The maximum absolute atomic E-state index is 11.8. The van der Waals surface area contributed by atoms with Crippen LogP contribution < -0.4 is 10.6 Å². The van der Waals surface area contributed by atoms with Crippen LogP contribution in [-0.2, 0) is 9.53 Å². The Kier molecular flexibility index (Phi) is 6.45. The quantitative estimate of drug-likeness (QED) is 0.630. The molecule has 2 aliphatic carbocycles. The van der Waals surface area contributed by atoms with Crippen molar-refractivity contribution in [3.8, 4) is 0 Å². The molecule has 5 heteroatoms. The maximum atomic E-state index is 11.8. The van der Waals surface area contributed by atoms with Crippen LogP contribution in [-0.4, -0.2) is 48.5 Å². The van der Waals surface area contributed by atoms with Crippen LogP contribution >= 0.6 is 0 Å². The Balaban J connectivity index is 1.55. The summed E-state index contributed by atoms with van der Waals surface area (Å²) in [6.45, 7) is 4.82. The molecule has 0 aromatic rings. The van der Waals surface area contributed by atoms with E-state index in [4.69, 9.17) is 4.74 Å². The molecule has 2 rings (SSSR count). The fraction of sp³-hybridized carbons (Fsp3) is 0.938. The number of ether oxygens (including phenoxy) is 1. The lowest BCUT2D eigenvalue weighted by atomic mass is 9.89. The first kappa shape index (κ1) is 16.7. The van der Waals surface area contributed by atoms with E-state index in [1.54, 1.807) is 0 Å². The second kappa shape index (κ2) is 8.11. The van der Waals surface area contributed by atoms with Gasteiger partial charge in [0.15, 0.2) is 0 Å². The minimum absolute atomic E-state index is 0.0201. The Morgan fingerprint density at radius 3 is 2.76 bits per heavy atom. The van der Waals surface area contributed by atoms with E-state index >= 15 is 0 Å². The summed E-state index contributed by atoms with van der Waals surface area (Å²) in [5, 5.41) is 16.0. The van der Waals surface area contributed by atoms with E-state index in [0.29, 0.717) is 25.3 Å². The molecule has 5 nitrogen and oxygen atoms in total. The number of carbonyl (C=O) groups excluding carboxylic acids is 1. The van der Waals surface area contributed by atoms with Crippen LogP contribution in [0, 0.1) is 5.92 Å². The van der Waals surface area contributed by atoms with E-state index in [0.717, 1.165) is 31.6 Å². The predicted octanol–water partition coefficient (Wildman–Crippen LogP) is 1.20. The zero-order valence-electron chi connectivity index (χ0n) is 13.3. The molecule has 0 aromatic heterocycles. The van der Waals surface area contributed by atoms with Crippen LogP contribution in [0.3, 0.4) is 0 Å². The minimum atomic E-state index is -0.557. The Labute approximate surface area is 127 Å². The molecule has 0 aliphatic heterocycles. The highest BCUT2D eigenvalue weighted by atomic mass is 16.5. The van der Waals surface area contributed by atoms with Gasteiger partial charge in [0.2, 0.25) is 5.91 Å². The first-order valence-corrected chi connectivity index (χ1v) is 8.38. The summed E-state index contributed by atoms with van der Waals surface area (Å²) >= 11 is 0.